The van der Waals surface area contributed by atoms with Crippen LogP contribution in [-0.4, -0.2) is 33.0 Å². The number of aromatic nitrogens is 2. The maximum atomic E-state index is 10.8. The van der Waals surface area contributed by atoms with Crippen molar-refractivity contribution in [3.8, 4) is 0 Å². The van der Waals surface area contributed by atoms with Gasteiger partial charge in [-0.15, -0.1) is 12.4 Å². The average molecular weight is 405 g/mol. The topological polar surface area (TPSA) is 47.3 Å². The van der Waals surface area contributed by atoms with E-state index in [9.17, 15) is 5.11 Å². The monoisotopic (exact) mass is 404 g/mol. The molecule has 4 fully saturated rings. The lowest BCUT2D eigenvalue weighted by molar-refractivity contribution is -0.175. The summed E-state index contributed by atoms with van der Waals surface area (Å²) in [5.41, 5.74) is 2.18. The predicted molar refractivity (Wildman–Crippen MR) is 114 cm³/mol. The van der Waals surface area contributed by atoms with Crippen molar-refractivity contribution in [2.75, 3.05) is 6.61 Å². The second-order valence-electron chi connectivity index (χ2n) is 9.79. The molecule has 0 saturated heterocycles. The van der Waals surface area contributed by atoms with Crippen molar-refractivity contribution in [1.82, 2.24) is 9.55 Å². The summed E-state index contributed by atoms with van der Waals surface area (Å²) in [6, 6.07) is 8.22. The second-order valence-corrected chi connectivity index (χ2v) is 9.79. The Hall–Kier alpha value is -1.10. The molecule has 5 heteroatoms. The third-order valence-electron chi connectivity index (χ3n) is 7.16. The van der Waals surface area contributed by atoms with Gasteiger partial charge in [0.2, 0.25) is 0 Å². The maximum Gasteiger partial charge on any atom is 0.112 e. The van der Waals surface area contributed by atoms with Gasteiger partial charge in [0.05, 0.1) is 35.9 Å². The van der Waals surface area contributed by atoms with E-state index in [0.717, 1.165) is 34.6 Å². The highest BCUT2D eigenvalue weighted by atomic mass is 35.5. The number of halogens is 1. The molecule has 1 N–H and O–H groups in total. The fraction of sp³-hybridized carbons (Fsp3) is 0.696. The molecule has 2 aromatic rings. The standard InChI is InChI=1S/C23H32N2O2.ClH/c1-15(2)22-24-20-5-3-4-6-21(20)25(22)13-19(26)14-27-23-10-16-7-17(11-23)9-18(8-16)12-23;/h3-6,15-19,26H,7-14H2,1-2H3;1H. The molecule has 4 aliphatic rings. The molecule has 1 aromatic carbocycles. The number of hydrogen-bond acceptors (Lipinski definition) is 3. The van der Waals surface area contributed by atoms with Crippen LogP contribution < -0.4 is 0 Å². The Kier molecular flexibility index (Phi) is 5.49. The molecule has 154 valence electrons. The number of hydrogen-bond donors (Lipinski definition) is 1. The van der Waals surface area contributed by atoms with E-state index < -0.39 is 6.10 Å². The van der Waals surface area contributed by atoms with E-state index in [1.54, 1.807) is 0 Å². The van der Waals surface area contributed by atoms with E-state index in [4.69, 9.17) is 9.72 Å². The molecule has 1 unspecified atom stereocenters. The zero-order chi connectivity index (χ0) is 18.6. The van der Waals surface area contributed by atoms with Crippen molar-refractivity contribution in [3.63, 3.8) is 0 Å². The van der Waals surface area contributed by atoms with Gasteiger partial charge in [-0.2, -0.15) is 0 Å². The van der Waals surface area contributed by atoms with Gasteiger partial charge in [0.15, 0.2) is 0 Å². The molecule has 4 saturated carbocycles. The Morgan fingerprint density at radius 3 is 2.32 bits per heavy atom. The smallest absolute Gasteiger partial charge is 0.112 e. The summed E-state index contributed by atoms with van der Waals surface area (Å²) in [6.07, 6.45) is 7.43. The minimum Gasteiger partial charge on any atom is -0.389 e. The van der Waals surface area contributed by atoms with Gasteiger partial charge in [0.25, 0.3) is 0 Å². The van der Waals surface area contributed by atoms with E-state index in [2.05, 4.69) is 30.5 Å². The number of aliphatic hydroxyl groups is 1. The zero-order valence-corrected chi connectivity index (χ0v) is 17.8. The van der Waals surface area contributed by atoms with Crippen LogP contribution in [0.5, 0.6) is 0 Å². The van der Waals surface area contributed by atoms with Crippen LogP contribution in [0.15, 0.2) is 24.3 Å². The first-order chi connectivity index (χ1) is 13.0. The minimum absolute atomic E-state index is 0. The zero-order valence-electron chi connectivity index (χ0n) is 17.0. The highest BCUT2D eigenvalue weighted by Crippen LogP contribution is 2.57. The van der Waals surface area contributed by atoms with Gasteiger partial charge >= 0.3 is 0 Å². The lowest BCUT2D eigenvalue weighted by Crippen LogP contribution is -2.52. The minimum atomic E-state index is -0.492. The Labute approximate surface area is 174 Å². The number of para-hydroxylation sites is 2. The summed E-state index contributed by atoms with van der Waals surface area (Å²) in [6.45, 7) is 5.32. The van der Waals surface area contributed by atoms with Crippen LogP contribution in [-0.2, 0) is 11.3 Å². The number of ether oxygens (including phenoxy) is 1. The fourth-order valence-electron chi connectivity index (χ4n) is 6.47. The summed E-state index contributed by atoms with van der Waals surface area (Å²) in [5.74, 6) is 3.99. The van der Waals surface area contributed by atoms with Gasteiger partial charge in [-0.05, 0) is 68.4 Å². The average Bonchev–Trinajstić information content (AvgIpc) is 2.98. The van der Waals surface area contributed by atoms with Gasteiger partial charge < -0.3 is 14.4 Å². The maximum absolute atomic E-state index is 10.8. The molecule has 1 aromatic heterocycles. The number of aliphatic hydroxyl groups excluding tert-OH is 1. The first-order valence-corrected chi connectivity index (χ1v) is 10.8. The number of nitrogens with zero attached hydrogens (tertiary/aromatic N) is 2. The molecule has 4 nitrogen and oxygen atoms in total. The molecule has 28 heavy (non-hydrogen) atoms. The Morgan fingerprint density at radius 2 is 1.71 bits per heavy atom. The van der Waals surface area contributed by atoms with Crippen molar-refractivity contribution in [2.24, 2.45) is 17.8 Å². The number of imidazole rings is 1. The molecule has 6 rings (SSSR count). The van der Waals surface area contributed by atoms with Gasteiger partial charge in [-0.3, -0.25) is 0 Å². The number of fused-ring (bicyclic) bond motifs is 1. The van der Waals surface area contributed by atoms with Gasteiger partial charge in [0.1, 0.15) is 5.82 Å². The summed E-state index contributed by atoms with van der Waals surface area (Å²) >= 11 is 0. The van der Waals surface area contributed by atoms with E-state index >= 15 is 0 Å². The Bertz CT molecular complexity index is 796. The van der Waals surface area contributed by atoms with E-state index in [1.165, 1.54) is 38.5 Å². The second kappa shape index (κ2) is 7.62. The normalized spacial score (nSPS) is 32.1. The van der Waals surface area contributed by atoms with Crippen molar-refractivity contribution >= 4 is 23.4 Å². The van der Waals surface area contributed by atoms with Crippen molar-refractivity contribution in [1.29, 1.82) is 0 Å². The van der Waals surface area contributed by atoms with Crippen molar-refractivity contribution in [3.05, 3.63) is 30.1 Å². The number of rotatable bonds is 6. The third kappa shape index (κ3) is 3.59. The molecule has 4 aliphatic carbocycles. The first-order valence-electron chi connectivity index (χ1n) is 10.8. The Balaban J connectivity index is 0.00000192. The Morgan fingerprint density at radius 1 is 1.11 bits per heavy atom. The van der Waals surface area contributed by atoms with E-state index in [1.807, 2.05) is 12.1 Å². The number of benzene rings is 1. The van der Waals surface area contributed by atoms with Crippen LogP contribution in [0.1, 0.15) is 64.1 Å². The summed E-state index contributed by atoms with van der Waals surface area (Å²) in [4.78, 5) is 4.79. The molecule has 0 spiro atoms. The molecule has 0 amide bonds. The highest BCUT2D eigenvalue weighted by molar-refractivity contribution is 5.85. The van der Waals surface area contributed by atoms with E-state index in [0.29, 0.717) is 19.1 Å². The lowest BCUT2D eigenvalue weighted by atomic mass is 9.54. The van der Waals surface area contributed by atoms with Crippen LogP contribution in [0, 0.1) is 17.8 Å². The van der Waals surface area contributed by atoms with Gasteiger partial charge in [0, 0.05) is 5.92 Å². The van der Waals surface area contributed by atoms with Crippen LogP contribution >= 0.6 is 12.4 Å². The lowest BCUT2D eigenvalue weighted by Gasteiger charge is -2.56. The quantitative estimate of drug-likeness (QED) is 0.742. The molecule has 0 radical (unpaired) electrons. The molecule has 0 aliphatic heterocycles. The SMILES string of the molecule is CC(C)c1nc2ccccc2n1CC(O)COC12CC3CC(CC(C3)C1)C2.Cl. The largest absolute Gasteiger partial charge is 0.389 e. The molecular formula is C23H33ClN2O2. The molecular weight excluding hydrogens is 372 g/mol. The fourth-order valence-corrected chi connectivity index (χ4v) is 6.47. The highest BCUT2D eigenvalue weighted by Gasteiger charge is 2.51. The van der Waals surface area contributed by atoms with Crippen molar-refractivity contribution < 1.29 is 9.84 Å². The first kappa shape index (κ1) is 20.2. The third-order valence-corrected chi connectivity index (χ3v) is 7.16. The van der Waals surface area contributed by atoms with Crippen LogP contribution in [0.3, 0.4) is 0 Å². The van der Waals surface area contributed by atoms with Gasteiger partial charge in [-0.25, -0.2) is 4.98 Å². The predicted octanol–water partition coefficient (Wildman–Crippen LogP) is 4.93. The molecule has 1 atom stereocenters. The van der Waals surface area contributed by atoms with Crippen molar-refractivity contribution in [2.45, 2.75) is 76.5 Å². The van der Waals surface area contributed by atoms with E-state index in [-0.39, 0.29) is 18.0 Å². The van der Waals surface area contributed by atoms with Crippen LogP contribution in [0.2, 0.25) is 0 Å². The van der Waals surface area contributed by atoms with Gasteiger partial charge in [-0.1, -0.05) is 26.0 Å². The molecule has 1 heterocycles. The summed E-state index contributed by atoms with van der Waals surface area (Å²) in [7, 11) is 0. The van der Waals surface area contributed by atoms with Crippen LogP contribution in [0.4, 0.5) is 0 Å². The van der Waals surface area contributed by atoms with Crippen LogP contribution in [0.25, 0.3) is 11.0 Å². The summed E-state index contributed by atoms with van der Waals surface area (Å²) < 4.78 is 8.67. The molecule has 4 bridgehead atoms. The summed E-state index contributed by atoms with van der Waals surface area (Å²) in [5, 5.41) is 10.8.